The van der Waals surface area contributed by atoms with Crippen LogP contribution >= 0.6 is 0 Å². The predicted octanol–water partition coefficient (Wildman–Crippen LogP) is 12.6. The van der Waals surface area contributed by atoms with Gasteiger partial charge in [-0.15, -0.1) is 0 Å². The van der Waals surface area contributed by atoms with Crippen molar-refractivity contribution in [3.05, 3.63) is 0 Å². The van der Waals surface area contributed by atoms with E-state index in [4.69, 9.17) is 28.4 Å². The minimum absolute atomic E-state index is 0.0670. The molecule has 0 spiro atoms. The van der Waals surface area contributed by atoms with Gasteiger partial charge in [0, 0.05) is 32.7 Å². The summed E-state index contributed by atoms with van der Waals surface area (Å²) >= 11 is 0. The van der Waals surface area contributed by atoms with Gasteiger partial charge in [0.05, 0.1) is 39.3 Å². The van der Waals surface area contributed by atoms with E-state index in [0.717, 1.165) is 96.1 Å². The fraction of sp³-hybridized carbons (Fsp3) is 0.964. The highest BCUT2D eigenvalue weighted by molar-refractivity contribution is 5.69. The van der Waals surface area contributed by atoms with Crippen molar-refractivity contribution >= 4 is 11.9 Å². The van der Waals surface area contributed by atoms with E-state index in [-0.39, 0.29) is 43.0 Å². The summed E-state index contributed by atoms with van der Waals surface area (Å²) in [6.45, 7) is 11.2. The molecule has 1 aliphatic heterocycles. The predicted molar refractivity (Wildman–Crippen MR) is 259 cm³/mol. The van der Waals surface area contributed by atoms with Gasteiger partial charge in [-0.1, -0.05) is 78.1 Å². The lowest BCUT2D eigenvalue weighted by atomic mass is 9.61. The van der Waals surface area contributed by atoms with Gasteiger partial charge >= 0.3 is 11.9 Å². The molecule has 0 aromatic heterocycles. The summed E-state index contributed by atoms with van der Waals surface area (Å²) in [4.78, 5) is 29.1. The van der Waals surface area contributed by atoms with Crippen LogP contribution in [0.2, 0.25) is 0 Å². The topological polar surface area (TPSA) is 113 Å². The Kier molecular flexibility index (Phi) is 26.1. The van der Waals surface area contributed by atoms with Gasteiger partial charge in [-0.2, -0.15) is 0 Å². The van der Waals surface area contributed by atoms with Crippen molar-refractivity contribution in [3.63, 3.8) is 0 Å². The summed E-state index contributed by atoms with van der Waals surface area (Å²) in [5.41, 5.74) is 0.517. The first-order valence-corrected chi connectivity index (χ1v) is 27.9. The minimum atomic E-state index is -0.378. The first kappa shape index (κ1) is 54.6. The second-order valence-corrected chi connectivity index (χ2v) is 22.0. The van der Waals surface area contributed by atoms with Crippen LogP contribution in [0.3, 0.4) is 0 Å². The van der Waals surface area contributed by atoms with Crippen LogP contribution in [-0.4, -0.2) is 100 Å². The smallest absolute Gasteiger partial charge is 0.305 e. The number of likely N-dealkylation sites (tertiary alicyclic amines) is 1. The van der Waals surface area contributed by atoms with Gasteiger partial charge in [-0.25, -0.2) is 0 Å². The molecule has 6 saturated carbocycles. The monoisotopic (exact) mass is 918 g/mol. The molecule has 10 nitrogen and oxygen atoms in total. The maximum Gasteiger partial charge on any atom is 0.305 e. The number of hydrogen-bond acceptors (Lipinski definition) is 10. The third-order valence-corrected chi connectivity index (χ3v) is 17.0. The second kappa shape index (κ2) is 31.0. The number of hydrogen-bond donors (Lipinski definition) is 1. The van der Waals surface area contributed by atoms with Crippen LogP contribution in [-0.2, 0) is 38.0 Å². The zero-order valence-electron chi connectivity index (χ0n) is 42.1. The van der Waals surface area contributed by atoms with Crippen LogP contribution in [0, 0.1) is 28.1 Å². The molecule has 7 aliphatic rings. The Labute approximate surface area is 397 Å². The molecule has 0 radical (unpaired) electrons. The molecule has 0 unspecified atom stereocenters. The van der Waals surface area contributed by atoms with Crippen LogP contribution in [0.4, 0.5) is 0 Å². The fourth-order valence-corrected chi connectivity index (χ4v) is 12.0. The zero-order valence-corrected chi connectivity index (χ0v) is 42.1. The quantitative estimate of drug-likeness (QED) is 0.0365. The van der Waals surface area contributed by atoms with Crippen LogP contribution in [0.5, 0.6) is 0 Å². The number of esters is 2. The summed E-state index contributed by atoms with van der Waals surface area (Å²) in [6, 6.07) is 0. The Bertz CT molecular complexity index is 1170. The molecule has 7 fully saturated rings. The SMILES string of the molecule is CCCCCCCCOC(CCC(=O)OCCC1(CCOC(=O)CCC(OCC23CCC(CC2)CC3)OCC23CCC(CC2)CC3)CCN(CCCCO)CC1)OCCCCCCCC. The highest BCUT2D eigenvalue weighted by Gasteiger charge is 2.43. The first-order valence-electron chi connectivity index (χ1n) is 27.9. The molecule has 10 heteroatoms. The van der Waals surface area contributed by atoms with Crippen LogP contribution < -0.4 is 0 Å². The molecule has 0 aromatic rings. The summed E-state index contributed by atoms with van der Waals surface area (Å²) < 4.78 is 37.6. The number of unbranched alkanes of at least 4 members (excludes halogenated alkanes) is 11. The molecule has 7 rings (SSSR count). The van der Waals surface area contributed by atoms with Crippen molar-refractivity contribution in [2.24, 2.45) is 28.1 Å². The van der Waals surface area contributed by atoms with E-state index in [0.29, 0.717) is 56.5 Å². The molecule has 1 N–H and O–H groups in total. The lowest BCUT2D eigenvalue weighted by molar-refractivity contribution is -0.197. The van der Waals surface area contributed by atoms with Gasteiger partial charge in [-0.3, -0.25) is 9.59 Å². The number of nitrogens with zero attached hydrogens (tertiary/aromatic N) is 1. The Hall–Kier alpha value is -1.30. The van der Waals surface area contributed by atoms with Crippen molar-refractivity contribution < 1.29 is 43.1 Å². The summed E-state index contributed by atoms with van der Waals surface area (Å²) in [7, 11) is 0. The normalized spacial score (nSPS) is 25.6. The zero-order chi connectivity index (χ0) is 45.9. The maximum absolute atomic E-state index is 13.4. The number of carbonyl (C=O) groups is 2. The van der Waals surface area contributed by atoms with Crippen molar-refractivity contribution in [3.8, 4) is 0 Å². The number of carbonyl (C=O) groups excluding carboxylic acids is 2. The number of fused-ring (bicyclic) bond motifs is 6. The minimum Gasteiger partial charge on any atom is -0.466 e. The molecule has 1 saturated heterocycles. The highest BCUT2D eigenvalue weighted by atomic mass is 16.7. The van der Waals surface area contributed by atoms with E-state index in [1.165, 1.54) is 141 Å². The summed E-state index contributed by atoms with van der Waals surface area (Å²) in [5.74, 6) is 1.46. The largest absolute Gasteiger partial charge is 0.466 e. The van der Waals surface area contributed by atoms with Crippen molar-refractivity contribution in [2.45, 2.75) is 245 Å². The van der Waals surface area contributed by atoms with Crippen LogP contribution in [0.25, 0.3) is 0 Å². The molecule has 0 atom stereocenters. The van der Waals surface area contributed by atoms with Crippen molar-refractivity contribution in [1.82, 2.24) is 4.90 Å². The molecule has 65 heavy (non-hydrogen) atoms. The van der Waals surface area contributed by atoms with Gasteiger partial charge < -0.3 is 38.4 Å². The van der Waals surface area contributed by atoms with E-state index in [1.54, 1.807) is 0 Å². The molecule has 6 aliphatic carbocycles. The summed E-state index contributed by atoms with van der Waals surface area (Å²) in [6.07, 6.45) is 36.2. The number of ether oxygens (including phenoxy) is 6. The lowest BCUT2D eigenvalue weighted by Gasteiger charge is -2.48. The molecule has 4 bridgehead atoms. The summed E-state index contributed by atoms with van der Waals surface area (Å²) in [5, 5.41) is 9.34. The van der Waals surface area contributed by atoms with E-state index >= 15 is 0 Å². The molecule has 378 valence electrons. The average molecular weight is 918 g/mol. The van der Waals surface area contributed by atoms with Gasteiger partial charge in [0.25, 0.3) is 0 Å². The van der Waals surface area contributed by atoms with Gasteiger partial charge in [0.15, 0.2) is 12.6 Å². The first-order chi connectivity index (χ1) is 31.8. The third-order valence-electron chi connectivity index (χ3n) is 17.0. The average Bonchev–Trinajstić information content (AvgIpc) is 3.34. The van der Waals surface area contributed by atoms with Crippen LogP contribution in [0.1, 0.15) is 232 Å². The van der Waals surface area contributed by atoms with Gasteiger partial charge in [-0.05, 0) is 176 Å². The Balaban J connectivity index is 1.06. The number of aliphatic hydroxyl groups excluding tert-OH is 1. The molecule has 0 aromatic carbocycles. The van der Waals surface area contributed by atoms with E-state index in [1.807, 2.05) is 0 Å². The fourth-order valence-electron chi connectivity index (χ4n) is 12.0. The molecular formula is C55H99NO9. The lowest BCUT2D eigenvalue weighted by Crippen LogP contribution is -2.42. The van der Waals surface area contributed by atoms with Gasteiger partial charge in [0.1, 0.15) is 0 Å². The van der Waals surface area contributed by atoms with Gasteiger partial charge in [0.2, 0.25) is 0 Å². The maximum atomic E-state index is 13.4. The molecule has 1 heterocycles. The molecular weight excluding hydrogens is 819 g/mol. The number of piperidine rings is 1. The van der Waals surface area contributed by atoms with E-state index in [2.05, 4.69) is 18.7 Å². The Morgan fingerprint density at radius 2 is 0.938 bits per heavy atom. The Morgan fingerprint density at radius 1 is 0.523 bits per heavy atom. The van der Waals surface area contributed by atoms with Crippen molar-refractivity contribution in [2.75, 3.05) is 65.9 Å². The Morgan fingerprint density at radius 3 is 1.37 bits per heavy atom. The highest BCUT2D eigenvalue weighted by Crippen LogP contribution is 2.52. The third kappa shape index (κ3) is 20.7. The molecule has 0 amide bonds. The van der Waals surface area contributed by atoms with Crippen molar-refractivity contribution in [1.29, 1.82) is 0 Å². The second-order valence-electron chi connectivity index (χ2n) is 22.0. The van der Waals surface area contributed by atoms with E-state index < -0.39 is 0 Å². The standard InChI is InChI=1S/C55H99NO9/c1-3-5-7-9-11-15-41-62-51(63-42-16-12-10-8-6-4-2)19-17-49(58)60-43-35-53(33-38-56(39-34-53)37-13-14-40-57)36-44-61-50(59)18-20-52(64-45-54-27-21-47(22-28-54)23-29-54)65-46-55-30-24-48(25-31-55)26-32-55/h47-48,51-52,57H,3-46H2,1-2H3. The number of aliphatic hydroxyl groups is 1. The van der Waals surface area contributed by atoms with E-state index in [9.17, 15) is 14.7 Å². The number of rotatable bonds is 38. The van der Waals surface area contributed by atoms with Crippen LogP contribution in [0.15, 0.2) is 0 Å².